The number of carbonyl (C=O) groups excluding carboxylic acids is 1. The highest BCUT2D eigenvalue weighted by Crippen LogP contribution is 2.25. The first-order chi connectivity index (χ1) is 7.78. The first kappa shape index (κ1) is 10.5. The zero-order valence-electron chi connectivity index (χ0n) is 9.42. The molecule has 3 saturated heterocycles. The third-order valence-corrected chi connectivity index (χ3v) is 3.83. The first-order valence-corrected chi connectivity index (χ1v) is 6.19. The minimum Gasteiger partial charge on any atom is -0.373 e. The van der Waals surface area contributed by atoms with E-state index < -0.39 is 0 Å². The fraction of sp³-hybridized carbons (Fsp3) is 0.909. The van der Waals surface area contributed by atoms with Gasteiger partial charge in [0, 0.05) is 0 Å². The van der Waals surface area contributed by atoms with Gasteiger partial charge in [0.1, 0.15) is 5.54 Å². The standard InChI is InChI=1S/C11H19N3O2/c15-10-11(3-5-12-6-4-11)14-9(13-10)2-1-8-7-16-8/h8-9,12,14H,1-7H2,(H,13,15)/t8?,9-/m0/s1. The van der Waals surface area contributed by atoms with E-state index in [9.17, 15) is 4.79 Å². The average molecular weight is 225 g/mol. The van der Waals surface area contributed by atoms with Crippen LogP contribution in [-0.4, -0.2) is 43.4 Å². The van der Waals surface area contributed by atoms with Crippen LogP contribution in [-0.2, 0) is 9.53 Å². The summed E-state index contributed by atoms with van der Waals surface area (Å²) in [4.78, 5) is 12.0. The highest BCUT2D eigenvalue weighted by atomic mass is 16.6. The van der Waals surface area contributed by atoms with Crippen LogP contribution < -0.4 is 16.0 Å². The van der Waals surface area contributed by atoms with Crippen LogP contribution in [0.3, 0.4) is 0 Å². The van der Waals surface area contributed by atoms with Gasteiger partial charge in [-0.3, -0.25) is 10.1 Å². The van der Waals surface area contributed by atoms with Crippen molar-refractivity contribution in [2.75, 3.05) is 19.7 Å². The molecule has 3 N–H and O–H groups in total. The predicted molar refractivity (Wildman–Crippen MR) is 58.9 cm³/mol. The summed E-state index contributed by atoms with van der Waals surface area (Å²) in [7, 11) is 0. The fourth-order valence-corrected chi connectivity index (χ4v) is 2.69. The van der Waals surface area contributed by atoms with E-state index >= 15 is 0 Å². The number of hydrogen-bond acceptors (Lipinski definition) is 4. The van der Waals surface area contributed by atoms with Crippen LogP contribution in [0.25, 0.3) is 0 Å². The number of hydrogen-bond donors (Lipinski definition) is 3. The Morgan fingerprint density at radius 3 is 2.75 bits per heavy atom. The van der Waals surface area contributed by atoms with E-state index in [4.69, 9.17) is 4.74 Å². The molecule has 90 valence electrons. The second-order valence-electron chi connectivity index (χ2n) is 5.04. The number of rotatable bonds is 3. The van der Waals surface area contributed by atoms with Gasteiger partial charge in [-0.25, -0.2) is 0 Å². The highest BCUT2D eigenvalue weighted by molar-refractivity contribution is 5.88. The number of amides is 1. The second-order valence-corrected chi connectivity index (χ2v) is 5.04. The van der Waals surface area contributed by atoms with Gasteiger partial charge in [-0.2, -0.15) is 0 Å². The Morgan fingerprint density at radius 1 is 1.31 bits per heavy atom. The van der Waals surface area contributed by atoms with Gasteiger partial charge in [0.15, 0.2) is 0 Å². The van der Waals surface area contributed by atoms with Gasteiger partial charge in [0.25, 0.3) is 0 Å². The van der Waals surface area contributed by atoms with Crippen molar-refractivity contribution in [1.29, 1.82) is 0 Å². The van der Waals surface area contributed by atoms with Crippen LogP contribution in [0.15, 0.2) is 0 Å². The summed E-state index contributed by atoms with van der Waals surface area (Å²) < 4.78 is 5.18. The van der Waals surface area contributed by atoms with Crippen molar-refractivity contribution >= 4 is 5.91 Å². The van der Waals surface area contributed by atoms with Gasteiger partial charge in [-0.05, 0) is 38.8 Å². The van der Waals surface area contributed by atoms with Crippen molar-refractivity contribution in [3.8, 4) is 0 Å². The topological polar surface area (TPSA) is 65.7 Å². The summed E-state index contributed by atoms with van der Waals surface area (Å²) in [6.07, 6.45) is 4.42. The molecule has 0 saturated carbocycles. The van der Waals surface area contributed by atoms with Crippen LogP contribution in [0.1, 0.15) is 25.7 Å². The minimum atomic E-state index is -0.291. The molecule has 0 aromatic carbocycles. The lowest BCUT2D eigenvalue weighted by molar-refractivity contribution is -0.125. The summed E-state index contributed by atoms with van der Waals surface area (Å²) in [5, 5.41) is 9.84. The molecule has 2 atom stereocenters. The Bertz CT molecular complexity index is 285. The number of epoxide rings is 1. The van der Waals surface area contributed by atoms with E-state index in [1.165, 1.54) is 0 Å². The predicted octanol–water partition coefficient (Wildman–Crippen LogP) is -0.667. The second kappa shape index (κ2) is 3.98. The van der Waals surface area contributed by atoms with Crippen molar-refractivity contribution in [3.63, 3.8) is 0 Å². The molecular weight excluding hydrogens is 206 g/mol. The number of ether oxygens (including phenoxy) is 1. The van der Waals surface area contributed by atoms with E-state index in [-0.39, 0.29) is 17.6 Å². The Balaban J connectivity index is 1.57. The lowest BCUT2D eigenvalue weighted by atomic mass is 9.89. The van der Waals surface area contributed by atoms with Crippen LogP contribution in [0.2, 0.25) is 0 Å². The third-order valence-electron chi connectivity index (χ3n) is 3.83. The molecule has 0 aliphatic carbocycles. The molecular formula is C11H19N3O2. The molecule has 0 aromatic rings. The van der Waals surface area contributed by atoms with E-state index in [0.29, 0.717) is 6.10 Å². The van der Waals surface area contributed by atoms with Crippen molar-refractivity contribution < 1.29 is 9.53 Å². The Morgan fingerprint density at radius 2 is 2.06 bits per heavy atom. The van der Waals surface area contributed by atoms with Crippen molar-refractivity contribution in [1.82, 2.24) is 16.0 Å². The lowest BCUT2D eigenvalue weighted by Crippen LogP contribution is -2.54. The van der Waals surface area contributed by atoms with Gasteiger partial charge in [-0.1, -0.05) is 0 Å². The Hall–Kier alpha value is -0.650. The maximum absolute atomic E-state index is 12.0. The largest absolute Gasteiger partial charge is 0.373 e. The van der Waals surface area contributed by atoms with Gasteiger partial charge in [0.05, 0.1) is 18.9 Å². The molecule has 16 heavy (non-hydrogen) atoms. The van der Waals surface area contributed by atoms with Gasteiger partial charge < -0.3 is 15.4 Å². The average Bonchev–Trinajstić information content (AvgIpc) is 3.06. The molecule has 1 spiro atoms. The summed E-state index contributed by atoms with van der Waals surface area (Å²) in [6.45, 7) is 2.76. The van der Waals surface area contributed by atoms with Crippen LogP contribution >= 0.6 is 0 Å². The van der Waals surface area contributed by atoms with Crippen molar-refractivity contribution in [2.45, 2.75) is 43.5 Å². The number of nitrogens with one attached hydrogen (secondary N) is 3. The molecule has 1 unspecified atom stereocenters. The number of carbonyl (C=O) groups is 1. The molecule has 3 aliphatic heterocycles. The zero-order chi connectivity index (χ0) is 11.0. The Labute approximate surface area is 95.3 Å². The third kappa shape index (κ3) is 1.95. The lowest BCUT2D eigenvalue weighted by Gasteiger charge is -2.31. The normalized spacial score (nSPS) is 36.4. The highest BCUT2D eigenvalue weighted by Gasteiger charge is 2.46. The van der Waals surface area contributed by atoms with Gasteiger partial charge in [0.2, 0.25) is 5.91 Å². The van der Waals surface area contributed by atoms with Gasteiger partial charge >= 0.3 is 0 Å². The minimum absolute atomic E-state index is 0.148. The molecule has 0 bridgehead atoms. The van der Waals surface area contributed by atoms with Crippen LogP contribution in [0.5, 0.6) is 0 Å². The quantitative estimate of drug-likeness (QED) is 0.558. The van der Waals surface area contributed by atoms with E-state index in [1.54, 1.807) is 0 Å². The van der Waals surface area contributed by atoms with E-state index in [0.717, 1.165) is 45.4 Å². The monoisotopic (exact) mass is 225 g/mol. The van der Waals surface area contributed by atoms with E-state index in [1.807, 2.05) is 0 Å². The molecule has 3 fully saturated rings. The van der Waals surface area contributed by atoms with Crippen LogP contribution in [0.4, 0.5) is 0 Å². The van der Waals surface area contributed by atoms with E-state index in [2.05, 4.69) is 16.0 Å². The number of piperidine rings is 1. The zero-order valence-corrected chi connectivity index (χ0v) is 9.42. The van der Waals surface area contributed by atoms with Crippen LogP contribution in [0, 0.1) is 0 Å². The summed E-state index contributed by atoms with van der Waals surface area (Å²) in [6, 6.07) is 0. The molecule has 0 radical (unpaired) electrons. The molecule has 3 rings (SSSR count). The van der Waals surface area contributed by atoms with Crippen molar-refractivity contribution in [3.05, 3.63) is 0 Å². The van der Waals surface area contributed by atoms with Crippen molar-refractivity contribution in [2.24, 2.45) is 0 Å². The molecule has 5 heteroatoms. The summed E-state index contributed by atoms with van der Waals surface area (Å²) in [5.74, 6) is 0.190. The molecule has 3 heterocycles. The SMILES string of the molecule is O=C1N[C@H](CCC2CO2)NC12CCNCC2. The summed E-state index contributed by atoms with van der Waals surface area (Å²) in [5.41, 5.74) is -0.291. The maximum Gasteiger partial charge on any atom is 0.241 e. The van der Waals surface area contributed by atoms with Gasteiger partial charge in [-0.15, -0.1) is 0 Å². The molecule has 5 nitrogen and oxygen atoms in total. The molecule has 0 aromatic heterocycles. The fourth-order valence-electron chi connectivity index (χ4n) is 2.69. The smallest absolute Gasteiger partial charge is 0.241 e. The maximum atomic E-state index is 12.0. The molecule has 1 amide bonds. The first-order valence-electron chi connectivity index (χ1n) is 6.19. The Kier molecular flexibility index (Phi) is 2.61. The molecule has 3 aliphatic rings. The summed E-state index contributed by atoms with van der Waals surface area (Å²) >= 11 is 0.